The van der Waals surface area contributed by atoms with Crippen molar-refractivity contribution in [3.8, 4) is 17.2 Å². The third-order valence-electron chi connectivity index (χ3n) is 8.66. The first-order valence-electron chi connectivity index (χ1n) is 17.4. The quantitative estimate of drug-likeness (QED) is 0.0595. The predicted molar refractivity (Wildman–Crippen MR) is 192 cm³/mol. The lowest BCUT2D eigenvalue weighted by Crippen LogP contribution is -2.40. The number of benzene rings is 1. The molecule has 12 heteroatoms. The Morgan fingerprint density at radius 3 is 2.73 bits per heavy atom. The molecule has 4 rings (SSSR count). The van der Waals surface area contributed by atoms with Crippen molar-refractivity contribution < 1.29 is 28.1 Å². The number of pyridine rings is 1. The third kappa shape index (κ3) is 11.6. The molecule has 2 heterocycles. The van der Waals surface area contributed by atoms with Gasteiger partial charge in [-0.25, -0.2) is 4.39 Å². The number of nitrogens with one attached hydrogen (secondary N) is 4. The van der Waals surface area contributed by atoms with Gasteiger partial charge in [-0.1, -0.05) is 44.0 Å². The fraction of sp³-hybridized carbons (Fsp3) is 0.541. The van der Waals surface area contributed by atoms with Crippen LogP contribution in [0.15, 0.2) is 59.5 Å². The van der Waals surface area contributed by atoms with Gasteiger partial charge >= 0.3 is 0 Å². The van der Waals surface area contributed by atoms with Gasteiger partial charge in [0, 0.05) is 30.7 Å². The second kappa shape index (κ2) is 20.0. The van der Waals surface area contributed by atoms with Gasteiger partial charge in [-0.2, -0.15) is 0 Å². The number of aromatic nitrogens is 1. The molecular weight excluding hydrogens is 649 g/mol. The highest BCUT2D eigenvalue weighted by molar-refractivity contribution is 6.36. The second-order valence-electron chi connectivity index (χ2n) is 12.4. The van der Waals surface area contributed by atoms with Crippen LogP contribution in [0.1, 0.15) is 58.8 Å². The normalized spacial score (nSPS) is 17.9. The largest absolute Gasteiger partial charge is 0.493 e. The average Bonchev–Trinajstić information content (AvgIpc) is 3.12. The minimum atomic E-state index is -1.29. The first-order chi connectivity index (χ1) is 23.8. The van der Waals surface area contributed by atoms with Gasteiger partial charge in [0.25, 0.3) is 5.91 Å². The Bertz CT molecular complexity index is 1480. The van der Waals surface area contributed by atoms with Gasteiger partial charge in [-0.15, -0.1) is 0 Å². The van der Waals surface area contributed by atoms with Gasteiger partial charge in [0.15, 0.2) is 17.3 Å². The Kier molecular flexibility index (Phi) is 15.5. The van der Waals surface area contributed by atoms with E-state index in [1.807, 2.05) is 18.2 Å². The van der Waals surface area contributed by atoms with Crippen molar-refractivity contribution in [2.24, 2.45) is 11.8 Å². The van der Waals surface area contributed by atoms with Crippen LogP contribution in [0.25, 0.3) is 10.9 Å². The SMILES string of the molecule is CCCCOC1=C(Cl)CC(CCNC(=N)C(=O)NC/C=C\C(Oc2ccnc3cc(OCC4CCNCC4)c(OC)cc23)C(F)CC)C=C1. The minimum absolute atomic E-state index is 0.106. The van der Waals surface area contributed by atoms with E-state index in [0.717, 1.165) is 44.5 Å². The zero-order valence-electron chi connectivity index (χ0n) is 28.9. The highest BCUT2D eigenvalue weighted by Gasteiger charge is 2.22. The van der Waals surface area contributed by atoms with Gasteiger partial charge in [0.05, 0.1) is 30.9 Å². The van der Waals surface area contributed by atoms with Crippen molar-refractivity contribution >= 4 is 34.2 Å². The Balaban J connectivity index is 1.27. The summed E-state index contributed by atoms with van der Waals surface area (Å²) >= 11 is 6.42. The number of carbonyl (C=O) groups excluding carboxylic acids is 1. The number of halogens is 2. The van der Waals surface area contributed by atoms with Gasteiger partial charge in [0.2, 0.25) is 0 Å². The minimum Gasteiger partial charge on any atom is -0.493 e. The molecule has 2 aromatic rings. The van der Waals surface area contributed by atoms with Crippen molar-refractivity contribution in [3.05, 3.63) is 59.5 Å². The van der Waals surface area contributed by atoms with Crippen molar-refractivity contribution in [1.29, 1.82) is 5.41 Å². The third-order valence-corrected chi connectivity index (χ3v) is 9.00. The van der Waals surface area contributed by atoms with Crippen molar-refractivity contribution in [1.82, 2.24) is 20.9 Å². The van der Waals surface area contributed by atoms with Crippen molar-refractivity contribution in [3.63, 3.8) is 0 Å². The summed E-state index contributed by atoms with van der Waals surface area (Å²) < 4.78 is 38.8. The Hall–Kier alpha value is -3.83. The van der Waals surface area contributed by atoms with Crippen LogP contribution >= 0.6 is 11.6 Å². The number of carbonyl (C=O) groups is 1. The van der Waals surface area contributed by atoms with Crippen LogP contribution in [0.4, 0.5) is 4.39 Å². The molecule has 0 bridgehead atoms. The maximum absolute atomic E-state index is 15.1. The number of unbranched alkanes of at least 4 members (excludes halogenated alkanes) is 1. The van der Waals surface area contributed by atoms with E-state index in [-0.39, 0.29) is 24.7 Å². The molecule has 1 saturated heterocycles. The fourth-order valence-corrected chi connectivity index (χ4v) is 5.96. The van der Waals surface area contributed by atoms with Crippen LogP contribution in [0.2, 0.25) is 0 Å². The molecular formula is C37H51ClFN5O5. The number of ether oxygens (including phenoxy) is 4. The zero-order valence-corrected chi connectivity index (χ0v) is 29.6. The molecule has 3 unspecified atom stereocenters. The number of nitrogens with zero attached hydrogens (tertiary/aromatic N) is 1. The molecule has 2 aliphatic rings. The maximum Gasteiger partial charge on any atom is 0.286 e. The summed E-state index contributed by atoms with van der Waals surface area (Å²) in [7, 11) is 1.58. The number of amides is 1. The number of rotatable bonds is 18. The molecule has 1 aliphatic carbocycles. The van der Waals surface area contributed by atoms with Crippen LogP contribution in [-0.2, 0) is 9.53 Å². The lowest BCUT2D eigenvalue weighted by Gasteiger charge is -2.23. The second-order valence-corrected chi connectivity index (χ2v) is 12.8. The fourth-order valence-electron chi connectivity index (χ4n) is 5.64. The molecule has 49 heavy (non-hydrogen) atoms. The number of amidine groups is 1. The summed E-state index contributed by atoms with van der Waals surface area (Å²) in [6.07, 6.45) is 12.4. The molecule has 0 saturated carbocycles. The predicted octanol–water partition coefficient (Wildman–Crippen LogP) is 6.59. The lowest BCUT2D eigenvalue weighted by molar-refractivity contribution is -0.114. The van der Waals surface area contributed by atoms with E-state index in [4.69, 9.17) is 36.0 Å². The maximum atomic E-state index is 15.1. The monoisotopic (exact) mass is 699 g/mol. The molecule has 1 aromatic carbocycles. The number of hydrogen-bond donors (Lipinski definition) is 4. The van der Waals surface area contributed by atoms with Gasteiger partial charge in [0.1, 0.15) is 23.8 Å². The highest BCUT2D eigenvalue weighted by atomic mass is 35.5. The standard InChI is InChI=1S/C37H51ClFN5O5/c1-4-6-20-47-32-10-9-25(21-28(32)38)13-18-43-36(40)37(45)44-15-7-8-33(29(39)5-2)49-31-14-19-42-30-23-35(34(46-3)22-27(30)31)48-24-26-11-16-41-17-12-26/h7-10,14,19,22-23,25-26,29,33,41H,4-6,11-13,15-18,20-21,24H2,1-3H3,(H2,40,43)(H,44,45)/b8-7-. The van der Waals surface area contributed by atoms with Crippen LogP contribution < -0.4 is 30.2 Å². The molecule has 268 valence electrons. The summed E-state index contributed by atoms with van der Waals surface area (Å²) in [4.78, 5) is 17.0. The van der Waals surface area contributed by atoms with Crippen LogP contribution in [-0.4, -0.2) is 75.5 Å². The molecule has 10 nitrogen and oxygen atoms in total. The van der Waals surface area contributed by atoms with E-state index in [0.29, 0.717) is 71.7 Å². The molecule has 3 atom stereocenters. The molecule has 1 aliphatic heterocycles. The van der Waals surface area contributed by atoms with E-state index in [9.17, 15) is 4.79 Å². The molecule has 0 spiro atoms. The number of alkyl halides is 1. The summed E-state index contributed by atoms with van der Waals surface area (Å²) in [5.74, 6) is 2.22. The molecule has 1 aromatic heterocycles. The highest BCUT2D eigenvalue weighted by Crippen LogP contribution is 2.37. The Morgan fingerprint density at radius 2 is 2.00 bits per heavy atom. The van der Waals surface area contributed by atoms with Crippen LogP contribution in [0.5, 0.6) is 17.2 Å². The summed E-state index contributed by atoms with van der Waals surface area (Å²) in [5.41, 5.74) is 0.645. The van der Waals surface area contributed by atoms with Crippen molar-refractivity contribution in [2.75, 3.05) is 46.5 Å². The van der Waals surface area contributed by atoms with E-state index in [1.165, 1.54) is 0 Å². The van der Waals surface area contributed by atoms with Crippen LogP contribution in [0, 0.1) is 17.2 Å². The van der Waals surface area contributed by atoms with Gasteiger partial charge in [-0.3, -0.25) is 15.2 Å². The van der Waals surface area contributed by atoms with Gasteiger partial charge < -0.3 is 34.9 Å². The zero-order chi connectivity index (χ0) is 35.0. The number of piperidine rings is 1. The van der Waals surface area contributed by atoms with Crippen molar-refractivity contribution in [2.45, 2.75) is 71.1 Å². The number of methoxy groups -OCH3 is 1. The van der Waals surface area contributed by atoms with Gasteiger partial charge in [-0.05, 0) is 87.7 Å². The van der Waals surface area contributed by atoms with Crippen LogP contribution in [0.3, 0.4) is 0 Å². The molecule has 1 amide bonds. The first kappa shape index (κ1) is 38.0. The van der Waals surface area contributed by atoms with E-state index >= 15 is 4.39 Å². The summed E-state index contributed by atoms with van der Waals surface area (Å²) in [5, 5.41) is 18.4. The molecule has 1 fully saturated rings. The molecule has 0 radical (unpaired) electrons. The van der Waals surface area contributed by atoms with E-state index in [1.54, 1.807) is 38.4 Å². The number of allylic oxidation sites excluding steroid dienone is 3. The van der Waals surface area contributed by atoms with E-state index in [2.05, 4.69) is 33.9 Å². The lowest BCUT2D eigenvalue weighted by atomic mass is 9.96. The number of fused-ring (bicyclic) bond motifs is 1. The van der Waals surface area contributed by atoms with E-state index < -0.39 is 18.2 Å². The Labute approximate surface area is 294 Å². The number of hydrogen-bond acceptors (Lipinski definition) is 8. The topological polar surface area (TPSA) is 127 Å². The summed E-state index contributed by atoms with van der Waals surface area (Å²) in [6.45, 7) is 7.63. The molecule has 4 N–H and O–H groups in total. The Morgan fingerprint density at radius 1 is 1.18 bits per heavy atom. The summed E-state index contributed by atoms with van der Waals surface area (Å²) in [6, 6.07) is 5.34. The smallest absolute Gasteiger partial charge is 0.286 e. The average molecular weight is 700 g/mol. The first-order valence-corrected chi connectivity index (χ1v) is 17.8.